The molecule has 0 spiro atoms. The lowest BCUT2D eigenvalue weighted by molar-refractivity contribution is -0.158. The van der Waals surface area contributed by atoms with Crippen LogP contribution in [0.2, 0.25) is 0 Å². The Balaban J connectivity index is 1.89. The molecule has 0 N–H and O–H groups in total. The van der Waals surface area contributed by atoms with Crippen molar-refractivity contribution in [3.8, 4) is 0 Å². The second-order valence-corrected chi connectivity index (χ2v) is 8.04. The van der Waals surface area contributed by atoms with Crippen LogP contribution >= 0.6 is 11.8 Å². The number of ether oxygens (including phenoxy) is 1. The van der Waals surface area contributed by atoms with Gasteiger partial charge in [-0.1, -0.05) is 42.5 Å². The molecule has 2 aromatic carbocycles. The molecule has 28 heavy (non-hydrogen) atoms. The summed E-state index contributed by atoms with van der Waals surface area (Å²) in [6.45, 7) is 3.23. The molecule has 0 bridgehead atoms. The Hall–Kier alpha value is -2.27. The van der Waals surface area contributed by atoms with Crippen molar-refractivity contribution >= 4 is 23.6 Å². The van der Waals surface area contributed by atoms with E-state index in [1.165, 1.54) is 0 Å². The fourth-order valence-electron chi connectivity index (χ4n) is 3.95. The van der Waals surface area contributed by atoms with Gasteiger partial charge in [0.1, 0.15) is 0 Å². The molecule has 148 valence electrons. The summed E-state index contributed by atoms with van der Waals surface area (Å²) in [5, 5.41) is 0. The molecule has 0 radical (unpaired) electrons. The first-order valence-electron chi connectivity index (χ1n) is 9.73. The average molecular weight is 398 g/mol. The SMILES string of the molecule is CCOC(=O)[C@@]1(Cc2ccccc2)CCCN(C(=O)c2ccccc2SC)C1. The summed E-state index contributed by atoms with van der Waals surface area (Å²) in [6.07, 6.45) is 4.08. The number of thioether (sulfide) groups is 1. The zero-order valence-corrected chi connectivity index (χ0v) is 17.3. The van der Waals surface area contributed by atoms with Crippen LogP contribution in [0.15, 0.2) is 59.5 Å². The van der Waals surface area contributed by atoms with E-state index >= 15 is 0 Å². The van der Waals surface area contributed by atoms with Crippen LogP contribution in [-0.2, 0) is 16.0 Å². The van der Waals surface area contributed by atoms with Gasteiger partial charge in [-0.05, 0) is 50.1 Å². The number of rotatable bonds is 6. The highest BCUT2D eigenvalue weighted by Crippen LogP contribution is 2.36. The van der Waals surface area contributed by atoms with Gasteiger partial charge < -0.3 is 9.64 Å². The number of nitrogens with zero attached hydrogens (tertiary/aromatic N) is 1. The minimum atomic E-state index is -0.695. The van der Waals surface area contributed by atoms with E-state index in [-0.39, 0.29) is 11.9 Å². The summed E-state index contributed by atoms with van der Waals surface area (Å²) in [7, 11) is 0. The highest BCUT2D eigenvalue weighted by atomic mass is 32.2. The Labute approximate surface area is 171 Å². The number of hydrogen-bond donors (Lipinski definition) is 0. The monoisotopic (exact) mass is 397 g/mol. The molecule has 5 heteroatoms. The normalized spacial score (nSPS) is 19.3. The van der Waals surface area contributed by atoms with Gasteiger partial charge in [-0.25, -0.2) is 0 Å². The largest absolute Gasteiger partial charge is 0.466 e. The molecule has 1 heterocycles. The summed E-state index contributed by atoms with van der Waals surface area (Å²) in [6, 6.07) is 17.7. The molecule has 0 aromatic heterocycles. The minimum Gasteiger partial charge on any atom is -0.466 e. The number of likely N-dealkylation sites (tertiary alicyclic amines) is 1. The van der Waals surface area contributed by atoms with Gasteiger partial charge in [-0.3, -0.25) is 9.59 Å². The van der Waals surface area contributed by atoms with E-state index in [1.54, 1.807) is 11.8 Å². The maximum Gasteiger partial charge on any atom is 0.314 e. The van der Waals surface area contributed by atoms with Gasteiger partial charge in [0.15, 0.2) is 0 Å². The zero-order valence-electron chi connectivity index (χ0n) is 16.5. The molecule has 0 saturated carbocycles. The van der Waals surface area contributed by atoms with E-state index in [0.717, 1.165) is 23.3 Å². The van der Waals surface area contributed by atoms with E-state index in [0.29, 0.717) is 31.7 Å². The third kappa shape index (κ3) is 4.41. The number of amides is 1. The van der Waals surface area contributed by atoms with Crippen molar-refractivity contribution in [1.82, 2.24) is 4.90 Å². The van der Waals surface area contributed by atoms with Gasteiger partial charge in [0.2, 0.25) is 0 Å². The number of piperidine rings is 1. The third-order valence-electron chi connectivity index (χ3n) is 5.30. The van der Waals surface area contributed by atoms with Crippen molar-refractivity contribution in [2.75, 3.05) is 26.0 Å². The Morgan fingerprint density at radius 3 is 2.54 bits per heavy atom. The van der Waals surface area contributed by atoms with Crippen LogP contribution in [0.5, 0.6) is 0 Å². The molecule has 3 rings (SSSR count). The first-order valence-corrected chi connectivity index (χ1v) is 11.0. The maximum absolute atomic E-state index is 13.3. The molecule has 4 nitrogen and oxygen atoms in total. The number of benzene rings is 2. The topological polar surface area (TPSA) is 46.6 Å². The Kier molecular flexibility index (Phi) is 6.79. The molecule has 1 fully saturated rings. The predicted octanol–water partition coefficient (Wildman–Crippen LogP) is 4.44. The number of hydrogen-bond acceptors (Lipinski definition) is 4. The van der Waals surface area contributed by atoms with Crippen LogP contribution in [0.4, 0.5) is 0 Å². The van der Waals surface area contributed by atoms with Gasteiger partial charge in [0.05, 0.1) is 17.6 Å². The number of carbonyl (C=O) groups excluding carboxylic acids is 2. The molecular formula is C23H27NO3S. The minimum absolute atomic E-state index is 0.00798. The Morgan fingerprint density at radius 2 is 1.82 bits per heavy atom. The lowest BCUT2D eigenvalue weighted by Crippen LogP contribution is -2.51. The van der Waals surface area contributed by atoms with Crippen LogP contribution < -0.4 is 0 Å². The fraction of sp³-hybridized carbons (Fsp3) is 0.391. The molecular weight excluding hydrogens is 370 g/mol. The van der Waals surface area contributed by atoms with Crippen LogP contribution in [-0.4, -0.2) is 42.7 Å². The smallest absolute Gasteiger partial charge is 0.314 e. The van der Waals surface area contributed by atoms with E-state index in [2.05, 4.69) is 0 Å². The predicted molar refractivity (Wildman–Crippen MR) is 113 cm³/mol. The Morgan fingerprint density at radius 1 is 1.11 bits per heavy atom. The number of esters is 1. The van der Waals surface area contributed by atoms with Crippen LogP contribution in [0.1, 0.15) is 35.7 Å². The first kappa shape index (κ1) is 20.5. The van der Waals surface area contributed by atoms with Gasteiger partial charge in [0.25, 0.3) is 5.91 Å². The van der Waals surface area contributed by atoms with Crippen molar-refractivity contribution in [2.45, 2.75) is 31.1 Å². The van der Waals surface area contributed by atoms with Crippen LogP contribution in [0.25, 0.3) is 0 Å². The molecule has 0 aliphatic carbocycles. The van der Waals surface area contributed by atoms with Crippen molar-refractivity contribution in [2.24, 2.45) is 5.41 Å². The lowest BCUT2D eigenvalue weighted by atomic mass is 9.75. The summed E-state index contributed by atoms with van der Waals surface area (Å²) in [5.41, 5.74) is 1.10. The third-order valence-corrected chi connectivity index (χ3v) is 6.09. The molecule has 1 amide bonds. The van der Waals surface area contributed by atoms with E-state index in [1.807, 2.05) is 72.7 Å². The summed E-state index contributed by atoms with van der Waals surface area (Å²) >= 11 is 1.57. The van der Waals surface area contributed by atoms with Crippen LogP contribution in [0.3, 0.4) is 0 Å². The van der Waals surface area contributed by atoms with Crippen molar-refractivity contribution in [1.29, 1.82) is 0 Å². The van der Waals surface area contributed by atoms with E-state index in [4.69, 9.17) is 4.74 Å². The maximum atomic E-state index is 13.3. The molecule has 1 aliphatic rings. The summed E-state index contributed by atoms with van der Waals surface area (Å²) < 4.78 is 5.45. The second kappa shape index (κ2) is 9.28. The molecule has 0 unspecified atom stereocenters. The first-order chi connectivity index (χ1) is 13.6. The van der Waals surface area contributed by atoms with Crippen molar-refractivity contribution in [3.05, 3.63) is 65.7 Å². The lowest BCUT2D eigenvalue weighted by Gasteiger charge is -2.41. The second-order valence-electron chi connectivity index (χ2n) is 7.19. The summed E-state index contributed by atoms with van der Waals surface area (Å²) in [5.74, 6) is -0.208. The standard InChI is InChI=1S/C23H27NO3S/c1-3-27-22(26)23(16-18-10-5-4-6-11-18)14-9-15-24(17-23)21(25)19-12-7-8-13-20(19)28-2/h4-8,10-13H,3,9,14-17H2,1-2H3/t23-/m1/s1. The van der Waals surface area contributed by atoms with Gasteiger partial charge in [0, 0.05) is 18.0 Å². The Bertz CT molecular complexity index is 824. The quantitative estimate of drug-likeness (QED) is 0.534. The van der Waals surface area contributed by atoms with E-state index in [9.17, 15) is 9.59 Å². The fourth-order valence-corrected chi connectivity index (χ4v) is 4.54. The summed E-state index contributed by atoms with van der Waals surface area (Å²) in [4.78, 5) is 29.0. The van der Waals surface area contributed by atoms with Gasteiger partial charge >= 0.3 is 5.97 Å². The zero-order chi connectivity index (χ0) is 20.0. The van der Waals surface area contributed by atoms with Gasteiger partial charge in [-0.15, -0.1) is 11.8 Å². The number of carbonyl (C=O) groups is 2. The highest BCUT2D eigenvalue weighted by molar-refractivity contribution is 7.98. The molecule has 1 atom stereocenters. The molecule has 2 aromatic rings. The molecule has 1 saturated heterocycles. The van der Waals surface area contributed by atoms with Crippen molar-refractivity contribution in [3.63, 3.8) is 0 Å². The molecule has 1 aliphatic heterocycles. The average Bonchev–Trinajstić information content (AvgIpc) is 2.74. The van der Waals surface area contributed by atoms with E-state index < -0.39 is 5.41 Å². The van der Waals surface area contributed by atoms with Crippen molar-refractivity contribution < 1.29 is 14.3 Å². The van der Waals surface area contributed by atoms with Crippen LogP contribution in [0, 0.1) is 5.41 Å². The highest BCUT2D eigenvalue weighted by Gasteiger charge is 2.45. The van der Waals surface area contributed by atoms with Gasteiger partial charge in [-0.2, -0.15) is 0 Å².